The van der Waals surface area contributed by atoms with Crippen molar-refractivity contribution in [1.82, 2.24) is 9.45 Å². The molecule has 0 saturated carbocycles. The van der Waals surface area contributed by atoms with Gasteiger partial charge in [0.2, 0.25) is 0 Å². The normalized spacial score (nSPS) is 11.4. The number of benzene rings is 2. The van der Waals surface area contributed by atoms with Crippen LogP contribution in [0.1, 0.15) is 10.4 Å². The summed E-state index contributed by atoms with van der Waals surface area (Å²) in [6.07, 6.45) is 1.60. The minimum Gasteiger partial charge on any atom is -0.288 e. The van der Waals surface area contributed by atoms with Crippen molar-refractivity contribution in [3.63, 3.8) is 0 Å². The van der Waals surface area contributed by atoms with Gasteiger partial charge in [-0.15, -0.1) is 17.9 Å². The zero-order valence-corrected chi connectivity index (χ0v) is 18.2. The highest BCUT2D eigenvalue weighted by Crippen LogP contribution is 2.28. The number of thiazole rings is 1. The topological polar surface area (TPSA) is 79.8 Å². The summed E-state index contributed by atoms with van der Waals surface area (Å²) in [6.45, 7) is 3.95. The summed E-state index contributed by atoms with van der Waals surface area (Å²) in [5.41, 5.74) is 1.93. The standard InChI is InChI=1S/C21H21N3O4S2/c1-4-13-24(21-22-19(15-29-21)16-9-6-5-7-10-16)20(25)17-11-8-12-18(14-17)30(26,27)23(2)28-3/h4-12,14-15H,1,13H2,2-3H3. The van der Waals surface area contributed by atoms with E-state index in [1.54, 1.807) is 12.1 Å². The number of rotatable bonds is 8. The summed E-state index contributed by atoms with van der Waals surface area (Å²) in [6, 6.07) is 15.5. The van der Waals surface area contributed by atoms with Crippen molar-refractivity contribution < 1.29 is 18.0 Å². The van der Waals surface area contributed by atoms with Gasteiger partial charge in [0.25, 0.3) is 15.9 Å². The Kier molecular flexibility index (Phi) is 6.78. The predicted molar refractivity (Wildman–Crippen MR) is 118 cm³/mol. The summed E-state index contributed by atoms with van der Waals surface area (Å²) >= 11 is 1.33. The fourth-order valence-electron chi connectivity index (χ4n) is 2.70. The van der Waals surface area contributed by atoms with Crippen molar-refractivity contribution in [3.8, 4) is 11.3 Å². The van der Waals surface area contributed by atoms with E-state index in [1.807, 2.05) is 35.7 Å². The highest BCUT2D eigenvalue weighted by Gasteiger charge is 2.25. The molecule has 3 aromatic rings. The number of aromatic nitrogens is 1. The van der Waals surface area contributed by atoms with Gasteiger partial charge in [0.15, 0.2) is 5.13 Å². The van der Waals surface area contributed by atoms with Gasteiger partial charge < -0.3 is 0 Å². The van der Waals surface area contributed by atoms with Gasteiger partial charge >= 0.3 is 0 Å². The fourth-order valence-corrected chi connectivity index (χ4v) is 4.56. The van der Waals surface area contributed by atoms with Crippen LogP contribution >= 0.6 is 11.3 Å². The third-order valence-corrected chi connectivity index (χ3v) is 6.86. The number of anilines is 1. The summed E-state index contributed by atoms with van der Waals surface area (Å²) in [4.78, 5) is 24.0. The van der Waals surface area contributed by atoms with E-state index >= 15 is 0 Å². The van der Waals surface area contributed by atoms with Gasteiger partial charge in [-0.3, -0.25) is 14.5 Å². The monoisotopic (exact) mass is 443 g/mol. The third kappa shape index (κ3) is 4.49. The quantitative estimate of drug-likeness (QED) is 0.391. The summed E-state index contributed by atoms with van der Waals surface area (Å²) in [5, 5.41) is 2.38. The minimum atomic E-state index is -3.87. The molecule has 0 saturated heterocycles. The predicted octanol–water partition coefficient (Wildman–Crippen LogP) is 3.82. The van der Waals surface area contributed by atoms with E-state index in [0.717, 1.165) is 15.7 Å². The van der Waals surface area contributed by atoms with Crippen LogP contribution in [0.5, 0.6) is 0 Å². The molecule has 0 radical (unpaired) electrons. The molecule has 2 aromatic carbocycles. The summed E-state index contributed by atoms with van der Waals surface area (Å²) in [7, 11) is -1.33. The van der Waals surface area contributed by atoms with Crippen molar-refractivity contribution in [2.24, 2.45) is 0 Å². The zero-order valence-electron chi connectivity index (χ0n) is 16.6. The Labute approximate surface area is 179 Å². The number of amides is 1. The number of hydroxylamine groups is 1. The van der Waals surface area contributed by atoms with Crippen molar-refractivity contribution in [2.45, 2.75) is 4.90 Å². The van der Waals surface area contributed by atoms with Gasteiger partial charge in [0.05, 0.1) is 17.7 Å². The van der Waals surface area contributed by atoms with Crippen molar-refractivity contribution >= 4 is 32.4 Å². The molecule has 1 heterocycles. The van der Waals surface area contributed by atoms with Crippen molar-refractivity contribution in [1.29, 1.82) is 0 Å². The Morgan fingerprint density at radius 1 is 1.20 bits per heavy atom. The first kappa shape index (κ1) is 21.8. The number of hydrogen-bond donors (Lipinski definition) is 0. The van der Waals surface area contributed by atoms with Crippen LogP contribution in [-0.4, -0.2) is 44.5 Å². The van der Waals surface area contributed by atoms with E-state index in [2.05, 4.69) is 11.6 Å². The second-order valence-electron chi connectivity index (χ2n) is 6.21. The lowest BCUT2D eigenvalue weighted by molar-refractivity contribution is -0.0258. The SMILES string of the molecule is C=CCN(C(=O)c1cccc(S(=O)(=O)N(C)OC)c1)c1nc(-c2ccccc2)cs1. The lowest BCUT2D eigenvalue weighted by Gasteiger charge is -2.19. The molecule has 3 rings (SSSR count). The lowest BCUT2D eigenvalue weighted by atomic mass is 10.2. The van der Waals surface area contributed by atoms with E-state index in [0.29, 0.717) is 5.13 Å². The van der Waals surface area contributed by atoms with Crippen LogP contribution in [0.15, 0.2) is 77.5 Å². The Hall–Kier alpha value is -2.85. The molecule has 0 unspecified atom stereocenters. The Balaban J connectivity index is 1.95. The van der Waals surface area contributed by atoms with Gasteiger partial charge in [-0.2, -0.15) is 0 Å². The number of nitrogens with zero attached hydrogens (tertiary/aromatic N) is 3. The zero-order chi connectivity index (χ0) is 21.7. The average Bonchev–Trinajstić information content (AvgIpc) is 3.27. The molecule has 0 aliphatic rings. The van der Waals surface area contributed by atoms with Gasteiger partial charge in [0.1, 0.15) is 0 Å². The maximum Gasteiger partial charge on any atom is 0.264 e. The van der Waals surface area contributed by atoms with E-state index in [-0.39, 0.29) is 22.9 Å². The molecule has 0 fully saturated rings. The molecule has 0 aliphatic carbocycles. The van der Waals surface area contributed by atoms with Crippen LogP contribution in [0.3, 0.4) is 0 Å². The first-order chi connectivity index (χ1) is 14.4. The molecule has 1 aromatic heterocycles. The van der Waals surface area contributed by atoms with Crippen molar-refractivity contribution in [3.05, 3.63) is 78.2 Å². The van der Waals surface area contributed by atoms with Crippen LogP contribution in [0.4, 0.5) is 5.13 Å². The molecule has 0 atom stereocenters. The lowest BCUT2D eigenvalue weighted by Crippen LogP contribution is -2.31. The number of sulfonamides is 1. The molecule has 30 heavy (non-hydrogen) atoms. The van der Waals surface area contributed by atoms with E-state index < -0.39 is 10.0 Å². The summed E-state index contributed by atoms with van der Waals surface area (Å²) in [5.74, 6) is -0.374. The van der Waals surface area contributed by atoms with E-state index in [4.69, 9.17) is 4.84 Å². The fraction of sp³-hybridized carbons (Fsp3) is 0.143. The van der Waals surface area contributed by atoms with E-state index in [9.17, 15) is 13.2 Å². The molecule has 0 aliphatic heterocycles. The third-order valence-electron chi connectivity index (χ3n) is 4.32. The molecular formula is C21H21N3O4S2. The number of carbonyl (C=O) groups excluding carboxylic acids is 1. The second kappa shape index (κ2) is 9.31. The van der Waals surface area contributed by atoms with Crippen LogP contribution in [0, 0.1) is 0 Å². The molecule has 1 amide bonds. The van der Waals surface area contributed by atoms with Gasteiger partial charge in [0, 0.05) is 30.1 Å². The maximum atomic E-state index is 13.2. The molecule has 156 valence electrons. The highest BCUT2D eigenvalue weighted by molar-refractivity contribution is 7.89. The number of hydrogen-bond acceptors (Lipinski definition) is 6. The Morgan fingerprint density at radius 2 is 1.93 bits per heavy atom. The first-order valence-corrected chi connectivity index (χ1v) is 11.3. The van der Waals surface area contributed by atoms with Crippen LogP contribution < -0.4 is 4.90 Å². The molecule has 7 nitrogen and oxygen atoms in total. The van der Waals surface area contributed by atoms with Crippen LogP contribution in [-0.2, 0) is 14.9 Å². The van der Waals surface area contributed by atoms with Gasteiger partial charge in [-0.25, -0.2) is 13.4 Å². The second-order valence-corrected chi connectivity index (χ2v) is 8.98. The van der Waals surface area contributed by atoms with Crippen molar-refractivity contribution in [2.75, 3.05) is 25.6 Å². The molecule has 0 spiro atoms. The van der Waals surface area contributed by atoms with E-state index in [1.165, 1.54) is 48.6 Å². The summed E-state index contributed by atoms with van der Waals surface area (Å²) < 4.78 is 25.8. The molecule has 9 heteroatoms. The molecule has 0 bridgehead atoms. The Bertz CT molecular complexity index is 1140. The van der Waals surface area contributed by atoms with Crippen LogP contribution in [0.25, 0.3) is 11.3 Å². The van der Waals surface area contributed by atoms with Crippen LogP contribution in [0.2, 0.25) is 0 Å². The average molecular weight is 444 g/mol. The highest BCUT2D eigenvalue weighted by atomic mass is 32.2. The first-order valence-electron chi connectivity index (χ1n) is 8.95. The smallest absolute Gasteiger partial charge is 0.264 e. The van der Waals surface area contributed by atoms with Gasteiger partial charge in [-0.05, 0) is 18.2 Å². The number of carbonyl (C=O) groups is 1. The molecule has 0 N–H and O–H groups in total. The molecular weight excluding hydrogens is 422 g/mol. The maximum absolute atomic E-state index is 13.2. The minimum absolute atomic E-state index is 0.0413. The largest absolute Gasteiger partial charge is 0.288 e. The Morgan fingerprint density at radius 3 is 2.60 bits per heavy atom. The van der Waals surface area contributed by atoms with Gasteiger partial charge in [-0.1, -0.05) is 46.9 Å².